The number of aliphatic hydroxyl groups excluding tert-OH is 2. The SMILES string of the molecule is NC(O)=S.NC(O)=S.c1ccccc1.c1ccccc1. The van der Waals surface area contributed by atoms with Crippen LogP contribution in [0.1, 0.15) is 0 Å². The number of hydrogen-bond donors (Lipinski definition) is 4. The van der Waals surface area contributed by atoms with Crippen LogP contribution in [0, 0.1) is 0 Å². The summed E-state index contributed by atoms with van der Waals surface area (Å²) in [7, 11) is 0. The van der Waals surface area contributed by atoms with Crippen LogP contribution in [0.15, 0.2) is 72.8 Å². The molecule has 0 spiro atoms. The fourth-order valence-corrected chi connectivity index (χ4v) is 0.770. The minimum absolute atomic E-state index is 0.500. The topological polar surface area (TPSA) is 92.5 Å². The van der Waals surface area contributed by atoms with Crippen LogP contribution in [-0.4, -0.2) is 20.6 Å². The lowest BCUT2D eigenvalue weighted by atomic mass is 10.4. The van der Waals surface area contributed by atoms with Crippen LogP contribution in [0.5, 0.6) is 0 Å². The molecule has 0 aliphatic rings. The van der Waals surface area contributed by atoms with Crippen LogP contribution in [-0.2, 0) is 0 Å². The Balaban J connectivity index is 0. The lowest BCUT2D eigenvalue weighted by Crippen LogP contribution is -2.03. The van der Waals surface area contributed by atoms with Crippen molar-refractivity contribution in [3.63, 3.8) is 0 Å². The van der Waals surface area contributed by atoms with E-state index in [1.165, 1.54) is 0 Å². The Bertz CT molecular complexity index is 335. The first-order valence-electron chi connectivity index (χ1n) is 5.43. The Hall–Kier alpha value is -2.18. The van der Waals surface area contributed by atoms with Crippen molar-refractivity contribution in [2.45, 2.75) is 0 Å². The van der Waals surface area contributed by atoms with Crippen molar-refractivity contribution in [2.75, 3.05) is 0 Å². The van der Waals surface area contributed by atoms with Gasteiger partial charge in [-0.2, -0.15) is 0 Å². The molecule has 0 unspecified atom stereocenters. The molecule has 0 bridgehead atoms. The molecule has 0 saturated heterocycles. The third-order valence-corrected chi connectivity index (χ3v) is 1.33. The first kappa shape index (κ1) is 20.1. The standard InChI is InChI=1S/2C6H6.2CH3NOS/c2*1-2-4-6-5-3-1;2*2-1(3)4/h2*1-6H;2*(H3,2,3,4). The van der Waals surface area contributed by atoms with E-state index in [2.05, 4.69) is 35.9 Å². The lowest BCUT2D eigenvalue weighted by molar-refractivity contribution is 0.559. The van der Waals surface area contributed by atoms with E-state index in [0.717, 1.165) is 0 Å². The van der Waals surface area contributed by atoms with Crippen molar-refractivity contribution in [1.82, 2.24) is 0 Å². The molecule has 2 aromatic rings. The van der Waals surface area contributed by atoms with E-state index in [1.807, 2.05) is 72.8 Å². The van der Waals surface area contributed by atoms with Gasteiger partial charge in [-0.15, -0.1) is 0 Å². The summed E-state index contributed by atoms with van der Waals surface area (Å²) in [5.41, 5.74) is 8.80. The Morgan fingerprint density at radius 2 is 0.550 bits per heavy atom. The predicted molar refractivity (Wildman–Crippen MR) is 91.7 cm³/mol. The van der Waals surface area contributed by atoms with Gasteiger partial charge < -0.3 is 21.7 Å². The summed E-state index contributed by atoms with van der Waals surface area (Å²) >= 11 is 7.74. The number of hydrogen-bond acceptors (Lipinski definition) is 2. The van der Waals surface area contributed by atoms with Gasteiger partial charge in [-0.1, -0.05) is 72.8 Å². The van der Waals surface area contributed by atoms with Crippen molar-refractivity contribution in [3.05, 3.63) is 72.8 Å². The molecule has 2 rings (SSSR count). The highest BCUT2D eigenvalue weighted by Gasteiger charge is 1.59. The van der Waals surface area contributed by atoms with Gasteiger partial charge in [-0.25, -0.2) is 0 Å². The summed E-state index contributed by atoms with van der Waals surface area (Å²) in [6, 6.07) is 24.0. The maximum atomic E-state index is 7.56. The smallest absolute Gasteiger partial charge is 0.251 e. The largest absolute Gasteiger partial charge is 0.487 e. The molecule has 4 nitrogen and oxygen atoms in total. The van der Waals surface area contributed by atoms with E-state index >= 15 is 0 Å². The van der Waals surface area contributed by atoms with Crippen molar-refractivity contribution in [3.8, 4) is 0 Å². The number of thiocarbonyl (C=S) groups is 2. The minimum atomic E-state index is -0.500. The highest BCUT2D eigenvalue weighted by molar-refractivity contribution is 7.80. The second-order valence-electron chi connectivity index (χ2n) is 2.99. The van der Waals surface area contributed by atoms with Crippen LogP contribution in [0.3, 0.4) is 0 Å². The molecule has 0 aromatic heterocycles. The molecule has 0 fully saturated rings. The van der Waals surface area contributed by atoms with Crippen LogP contribution in [0.25, 0.3) is 0 Å². The molecule has 2 aromatic carbocycles. The molecule has 0 atom stereocenters. The van der Waals surface area contributed by atoms with Crippen molar-refractivity contribution in [1.29, 1.82) is 0 Å². The van der Waals surface area contributed by atoms with E-state index in [-0.39, 0.29) is 0 Å². The van der Waals surface area contributed by atoms with Gasteiger partial charge in [0, 0.05) is 0 Å². The van der Waals surface area contributed by atoms with Crippen LogP contribution < -0.4 is 11.5 Å². The summed E-state index contributed by atoms with van der Waals surface area (Å²) in [5, 5.41) is 14.1. The van der Waals surface area contributed by atoms with Gasteiger partial charge >= 0.3 is 0 Å². The first-order valence-corrected chi connectivity index (χ1v) is 6.25. The van der Waals surface area contributed by atoms with Gasteiger partial charge in [-0.05, 0) is 24.4 Å². The molecule has 0 saturated carbocycles. The van der Waals surface area contributed by atoms with Gasteiger partial charge in [0.1, 0.15) is 0 Å². The molecule has 108 valence electrons. The Labute approximate surface area is 129 Å². The molecule has 0 aliphatic heterocycles. The normalized spacial score (nSPS) is 7.20. The maximum absolute atomic E-state index is 7.56. The number of rotatable bonds is 0. The van der Waals surface area contributed by atoms with Gasteiger partial charge in [0.15, 0.2) is 0 Å². The molecule has 6 heteroatoms. The van der Waals surface area contributed by atoms with E-state index in [9.17, 15) is 0 Å². The Morgan fingerprint density at radius 1 is 0.500 bits per heavy atom. The minimum Gasteiger partial charge on any atom is -0.487 e. The van der Waals surface area contributed by atoms with E-state index < -0.39 is 10.3 Å². The van der Waals surface area contributed by atoms with E-state index in [4.69, 9.17) is 10.2 Å². The maximum Gasteiger partial charge on any atom is 0.251 e. The van der Waals surface area contributed by atoms with Gasteiger partial charge in [0.2, 0.25) is 0 Å². The predicted octanol–water partition coefficient (Wildman–Crippen LogP) is 2.95. The average molecular weight is 310 g/mol. The van der Waals surface area contributed by atoms with Crippen LogP contribution in [0.4, 0.5) is 0 Å². The van der Waals surface area contributed by atoms with Gasteiger partial charge in [0.05, 0.1) is 0 Å². The van der Waals surface area contributed by atoms with Gasteiger partial charge in [-0.3, -0.25) is 0 Å². The molecule has 6 N–H and O–H groups in total. The molecule has 0 aliphatic carbocycles. The second-order valence-corrected chi connectivity index (χ2v) is 3.82. The zero-order valence-corrected chi connectivity index (χ0v) is 12.4. The van der Waals surface area contributed by atoms with Crippen molar-refractivity contribution in [2.24, 2.45) is 11.5 Å². The van der Waals surface area contributed by atoms with E-state index in [0.29, 0.717) is 0 Å². The zero-order valence-electron chi connectivity index (χ0n) is 10.8. The van der Waals surface area contributed by atoms with Crippen molar-refractivity contribution >= 4 is 34.8 Å². The molecule has 20 heavy (non-hydrogen) atoms. The average Bonchev–Trinajstić information content (AvgIpc) is 2.42. The summed E-state index contributed by atoms with van der Waals surface area (Å²) in [4.78, 5) is 0. The molecule has 0 heterocycles. The van der Waals surface area contributed by atoms with Crippen LogP contribution >= 0.6 is 24.4 Å². The highest BCUT2D eigenvalue weighted by atomic mass is 32.1. The zero-order chi connectivity index (χ0) is 15.6. The summed E-state index contributed by atoms with van der Waals surface area (Å²) in [5.74, 6) is 0. The third kappa shape index (κ3) is 36.0. The Morgan fingerprint density at radius 3 is 0.600 bits per heavy atom. The molecule has 0 radical (unpaired) electrons. The monoisotopic (exact) mass is 310 g/mol. The highest BCUT2D eigenvalue weighted by Crippen LogP contribution is 1.80. The lowest BCUT2D eigenvalue weighted by Gasteiger charge is -1.69. The third-order valence-electron chi connectivity index (χ3n) is 1.33. The molecule has 0 amide bonds. The second kappa shape index (κ2) is 16.8. The van der Waals surface area contributed by atoms with Gasteiger partial charge in [0.25, 0.3) is 10.3 Å². The number of aliphatic hydroxyl groups is 2. The summed E-state index contributed by atoms with van der Waals surface area (Å²) in [6.07, 6.45) is 0. The van der Waals surface area contributed by atoms with Crippen LogP contribution in [0.2, 0.25) is 0 Å². The summed E-state index contributed by atoms with van der Waals surface area (Å²) in [6.45, 7) is 0. The Kier molecular flexibility index (Phi) is 16.9. The summed E-state index contributed by atoms with van der Waals surface area (Å²) < 4.78 is 0. The number of benzene rings is 2. The molecular weight excluding hydrogens is 292 g/mol. The fourth-order valence-electron chi connectivity index (χ4n) is 0.770. The quantitative estimate of drug-likeness (QED) is 0.559. The first-order chi connectivity index (χ1) is 9.46. The number of nitrogens with two attached hydrogens (primary N) is 2. The fraction of sp³-hybridized carbons (Fsp3) is 0. The molecular formula is C14H18N2O2S2. The van der Waals surface area contributed by atoms with E-state index in [1.54, 1.807) is 0 Å². The van der Waals surface area contributed by atoms with Crippen molar-refractivity contribution < 1.29 is 10.2 Å².